The SMILES string of the molecule is Cc1ccccc1NC(=O)c1ccn(COc2ccccc2F)n1. The van der Waals surface area contributed by atoms with E-state index in [1.807, 2.05) is 31.2 Å². The first-order valence-electron chi connectivity index (χ1n) is 7.41. The summed E-state index contributed by atoms with van der Waals surface area (Å²) in [5, 5.41) is 6.95. The standard InChI is InChI=1S/C18H16FN3O2/c1-13-6-2-4-8-15(13)20-18(23)16-10-11-22(21-16)12-24-17-9-5-3-7-14(17)19/h2-11H,12H2,1H3,(H,20,23). The van der Waals surface area contributed by atoms with Crippen LogP contribution in [-0.2, 0) is 6.73 Å². The Hall–Kier alpha value is -3.15. The number of hydrogen-bond acceptors (Lipinski definition) is 3. The van der Waals surface area contributed by atoms with Gasteiger partial charge in [0.05, 0.1) is 0 Å². The molecule has 0 aliphatic carbocycles. The molecule has 6 heteroatoms. The topological polar surface area (TPSA) is 56.2 Å². The maximum Gasteiger partial charge on any atom is 0.276 e. The lowest BCUT2D eigenvalue weighted by Gasteiger charge is -2.07. The van der Waals surface area contributed by atoms with E-state index in [1.54, 1.807) is 24.4 Å². The van der Waals surface area contributed by atoms with E-state index >= 15 is 0 Å². The Labute approximate surface area is 138 Å². The molecule has 0 fully saturated rings. The van der Waals surface area contributed by atoms with Gasteiger partial charge in [-0.05, 0) is 36.8 Å². The molecule has 122 valence electrons. The minimum atomic E-state index is -0.442. The van der Waals surface area contributed by atoms with Gasteiger partial charge in [0.2, 0.25) is 0 Å². The first-order valence-corrected chi connectivity index (χ1v) is 7.41. The van der Waals surface area contributed by atoms with E-state index in [-0.39, 0.29) is 24.1 Å². The number of benzene rings is 2. The van der Waals surface area contributed by atoms with Crippen LogP contribution >= 0.6 is 0 Å². The van der Waals surface area contributed by atoms with Gasteiger partial charge in [0.25, 0.3) is 5.91 Å². The fraction of sp³-hybridized carbons (Fsp3) is 0.111. The Morgan fingerprint density at radius 3 is 2.71 bits per heavy atom. The molecule has 0 spiro atoms. The van der Waals surface area contributed by atoms with Crippen LogP contribution in [0, 0.1) is 12.7 Å². The maximum absolute atomic E-state index is 13.5. The van der Waals surface area contributed by atoms with E-state index in [0.717, 1.165) is 11.3 Å². The number of hydrogen-bond donors (Lipinski definition) is 1. The Morgan fingerprint density at radius 1 is 1.17 bits per heavy atom. The molecule has 1 aromatic heterocycles. The van der Waals surface area contributed by atoms with Gasteiger partial charge in [-0.1, -0.05) is 30.3 Å². The smallest absolute Gasteiger partial charge is 0.276 e. The lowest BCUT2D eigenvalue weighted by molar-refractivity contribution is 0.102. The molecule has 3 rings (SSSR count). The summed E-state index contributed by atoms with van der Waals surface area (Å²) in [7, 11) is 0. The van der Waals surface area contributed by atoms with Crippen molar-refractivity contribution in [3.05, 3.63) is 77.9 Å². The molecule has 0 bridgehead atoms. The van der Waals surface area contributed by atoms with Crippen molar-refractivity contribution in [3.8, 4) is 5.75 Å². The van der Waals surface area contributed by atoms with E-state index in [1.165, 1.54) is 16.8 Å². The Kier molecular flexibility index (Phi) is 4.56. The minimum Gasteiger partial charge on any atom is -0.468 e. The second-order valence-corrected chi connectivity index (χ2v) is 5.21. The fourth-order valence-electron chi connectivity index (χ4n) is 2.15. The van der Waals surface area contributed by atoms with Crippen LogP contribution < -0.4 is 10.1 Å². The third-order valence-corrected chi connectivity index (χ3v) is 3.46. The van der Waals surface area contributed by atoms with E-state index in [4.69, 9.17) is 4.74 Å². The normalized spacial score (nSPS) is 10.4. The summed E-state index contributed by atoms with van der Waals surface area (Å²) in [6.45, 7) is 1.93. The zero-order chi connectivity index (χ0) is 16.9. The Bertz CT molecular complexity index is 861. The highest BCUT2D eigenvalue weighted by atomic mass is 19.1. The zero-order valence-electron chi connectivity index (χ0n) is 13.1. The monoisotopic (exact) mass is 325 g/mol. The van der Waals surface area contributed by atoms with Gasteiger partial charge in [0, 0.05) is 11.9 Å². The van der Waals surface area contributed by atoms with Crippen LogP contribution in [0.25, 0.3) is 0 Å². The first kappa shape index (κ1) is 15.7. The molecule has 24 heavy (non-hydrogen) atoms. The summed E-state index contributed by atoms with van der Waals surface area (Å²) in [4.78, 5) is 12.2. The molecule has 5 nitrogen and oxygen atoms in total. The summed E-state index contributed by atoms with van der Waals surface area (Å²) in [6, 6.07) is 15.2. The molecule has 0 saturated carbocycles. The van der Waals surface area contributed by atoms with Gasteiger partial charge in [-0.3, -0.25) is 4.79 Å². The Morgan fingerprint density at radius 2 is 1.92 bits per heavy atom. The number of para-hydroxylation sites is 2. The van der Waals surface area contributed by atoms with Gasteiger partial charge in [0.1, 0.15) is 0 Å². The summed E-state index contributed by atoms with van der Waals surface area (Å²) >= 11 is 0. The van der Waals surface area contributed by atoms with Crippen molar-refractivity contribution in [3.63, 3.8) is 0 Å². The number of nitrogens with zero attached hydrogens (tertiary/aromatic N) is 2. The van der Waals surface area contributed by atoms with Crippen LogP contribution in [0.2, 0.25) is 0 Å². The largest absolute Gasteiger partial charge is 0.468 e. The minimum absolute atomic E-state index is 0.0125. The van der Waals surface area contributed by atoms with Crippen molar-refractivity contribution in [1.82, 2.24) is 9.78 Å². The van der Waals surface area contributed by atoms with Crippen molar-refractivity contribution in [2.75, 3.05) is 5.32 Å². The number of aryl methyl sites for hydroxylation is 1. The lowest BCUT2D eigenvalue weighted by atomic mass is 10.2. The summed E-state index contributed by atoms with van der Waals surface area (Å²) in [6.07, 6.45) is 1.60. The predicted octanol–water partition coefficient (Wildman–Crippen LogP) is 3.62. The number of carbonyl (C=O) groups is 1. The zero-order valence-corrected chi connectivity index (χ0v) is 13.1. The molecule has 0 aliphatic rings. The molecular formula is C18H16FN3O2. The lowest BCUT2D eigenvalue weighted by Crippen LogP contribution is -2.15. The Balaban J connectivity index is 1.64. The molecule has 2 aromatic carbocycles. The van der Waals surface area contributed by atoms with Gasteiger partial charge in [-0.15, -0.1) is 0 Å². The number of aromatic nitrogens is 2. The van der Waals surface area contributed by atoms with Crippen molar-refractivity contribution in [2.24, 2.45) is 0 Å². The van der Waals surface area contributed by atoms with Crippen LogP contribution in [0.15, 0.2) is 60.8 Å². The van der Waals surface area contributed by atoms with E-state index in [2.05, 4.69) is 10.4 Å². The van der Waals surface area contributed by atoms with Crippen LogP contribution in [0.5, 0.6) is 5.75 Å². The number of ether oxygens (including phenoxy) is 1. The molecule has 0 aliphatic heterocycles. The van der Waals surface area contributed by atoms with Gasteiger partial charge in [-0.2, -0.15) is 5.10 Å². The molecule has 0 saturated heterocycles. The van der Waals surface area contributed by atoms with Crippen LogP contribution in [0.1, 0.15) is 16.1 Å². The second kappa shape index (κ2) is 6.95. The van der Waals surface area contributed by atoms with Gasteiger partial charge < -0.3 is 10.1 Å². The number of nitrogens with one attached hydrogen (secondary N) is 1. The average Bonchev–Trinajstić information content (AvgIpc) is 3.05. The van der Waals surface area contributed by atoms with Crippen molar-refractivity contribution in [2.45, 2.75) is 13.7 Å². The molecule has 0 unspecified atom stereocenters. The number of halogens is 1. The third-order valence-electron chi connectivity index (χ3n) is 3.46. The van der Waals surface area contributed by atoms with E-state index in [0.29, 0.717) is 0 Å². The van der Waals surface area contributed by atoms with Crippen LogP contribution in [0.4, 0.5) is 10.1 Å². The highest BCUT2D eigenvalue weighted by molar-refractivity contribution is 6.03. The van der Waals surface area contributed by atoms with Gasteiger partial charge >= 0.3 is 0 Å². The van der Waals surface area contributed by atoms with Crippen LogP contribution in [-0.4, -0.2) is 15.7 Å². The average molecular weight is 325 g/mol. The predicted molar refractivity (Wildman–Crippen MR) is 88.4 cm³/mol. The molecule has 3 aromatic rings. The second-order valence-electron chi connectivity index (χ2n) is 5.21. The van der Waals surface area contributed by atoms with Crippen molar-refractivity contribution >= 4 is 11.6 Å². The van der Waals surface area contributed by atoms with E-state index in [9.17, 15) is 9.18 Å². The first-order chi connectivity index (χ1) is 11.6. The molecule has 0 atom stereocenters. The quantitative estimate of drug-likeness (QED) is 0.779. The molecular weight excluding hydrogens is 309 g/mol. The molecule has 1 N–H and O–H groups in total. The molecule has 1 heterocycles. The maximum atomic E-state index is 13.5. The van der Waals surface area contributed by atoms with Crippen molar-refractivity contribution < 1.29 is 13.9 Å². The molecule has 0 radical (unpaired) electrons. The number of rotatable bonds is 5. The number of carbonyl (C=O) groups excluding carboxylic acids is 1. The molecule has 1 amide bonds. The summed E-state index contributed by atoms with van der Waals surface area (Å²) in [5.74, 6) is -0.616. The highest BCUT2D eigenvalue weighted by Crippen LogP contribution is 2.16. The van der Waals surface area contributed by atoms with Crippen LogP contribution in [0.3, 0.4) is 0 Å². The van der Waals surface area contributed by atoms with Gasteiger partial charge in [-0.25, -0.2) is 9.07 Å². The summed E-state index contributed by atoms with van der Waals surface area (Å²) < 4.78 is 20.3. The van der Waals surface area contributed by atoms with Crippen molar-refractivity contribution in [1.29, 1.82) is 0 Å². The van der Waals surface area contributed by atoms with E-state index < -0.39 is 5.82 Å². The van der Waals surface area contributed by atoms with Gasteiger partial charge in [0.15, 0.2) is 24.0 Å². The summed E-state index contributed by atoms with van der Waals surface area (Å²) in [5.41, 5.74) is 1.96. The third kappa shape index (κ3) is 3.60. The highest BCUT2D eigenvalue weighted by Gasteiger charge is 2.11. The number of amides is 1. The number of anilines is 1. The fourth-order valence-corrected chi connectivity index (χ4v) is 2.15.